The second kappa shape index (κ2) is 14.6. The van der Waals surface area contributed by atoms with Gasteiger partial charge in [-0.25, -0.2) is 14.8 Å². The Bertz CT molecular complexity index is 1380. The van der Waals surface area contributed by atoms with Gasteiger partial charge in [-0.3, -0.25) is 14.4 Å². The number of nitrogens with one attached hydrogen (secondary N) is 2. The second-order valence-electron chi connectivity index (χ2n) is 9.39. The molecule has 0 radical (unpaired) electrons. The smallest absolute Gasteiger partial charge is 0.433 e. The van der Waals surface area contributed by atoms with E-state index in [1.807, 2.05) is 60.7 Å². The highest BCUT2D eigenvalue weighted by molar-refractivity contribution is 5.98. The first-order valence-corrected chi connectivity index (χ1v) is 13.5. The van der Waals surface area contributed by atoms with E-state index in [1.54, 1.807) is 6.92 Å². The molecular weight excluding hydrogens is 542 g/mol. The molecule has 4 rings (SSSR count). The lowest BCUT2D eigenvalue weighted by Crippen LogP contribution is -2.56. The van der Waals surface area contributed by atoms with Gasteiger partial charge in [-0.2, -0.15) is 0 Å². The molecule has 1 aliphatic heterocycles. The zero-order valence-corrected chi connectivity index (χ0v) is 23.2. The number of nitrogens with zero attached hydrogens (tertiary/aromatic N) is 4. The number of piperazine rings is 1. The Hall–Kier alpha value is -5.04. The molecule has 0 unspecified atom stereocenters. The summed E-state index contributed by atoms with van der Waals surface area (Å²) in [5.74, 6) is -1.18. The van der Waals surface area contributed by atoms with Crippen molar-refractivity contribution in [1.82, 2.24) is 25.2 Å². The lowest BCUT2D eigenvalue weighted by molar-refractivity contribution is -0.158. The molecule has 1 saturated heterocycles. The minimum Gasteiger partial charge on any atom is -0.433 e. The minimum absolute atomic E-state index is 0.00865. The summed E-state index contributed by atoms with van der Waals surface area (Å²) in [6, 6.07) is 19.1. The number of aromatic nitrogens is 2. The zero-order valence-electron chi connectivity index (χ0n) is 23.2. The molecular formula is C29H33N7O6. The van der Waals surface area contributed by atoms with Crippen LogP contribution in [0.25, 0.3) is 11.4 Å². The number of nitrogens with two attached hydrogens (primary N) is 1. The third kappa shape index (κ3) is 8.48. The summed E-state index contributed by atoms with van der Waals surface area (Å²) in [5.41, 5.74) is 7.15. The number of anilines is 1. The van der Waals surface area contributed by atoms with E-state index in [1.165, 1.54) is 16.0 Å². The number of rotatable bonds is 11. The molecule has 0 saturated carbocycles. The summed E-state index contributed by atoms with van der Waals surface area (Å²) in [4.78, 5) is 65.8. The van der Waals surface area contributed by atoms with Gasteiger partial charge in [0.2, 0.25) is 11.8 Å². The van der Waals surface area contributed by atoms with Crippen molar-refractivity contribution in [2.45, 2.75) is 25.9 Å². The number of amides is 3. The summed E-state index contributed by atoms with van der Waals surface area (Å²) >= 11 is 0. The highest BCUT2D eigenvalue weighted by atomic mass is 16.8. The van der Waals surface area contributed by atoms with Gasteiger partial charge >= 0.3 is 6.16 Å². The predicted octanol–water partition coefficient (Wildman–Crippen LogP) is 1.96. The molecule has 3 amide bonds. The Kier molecular flexibility index (Phi) is 10.4. The minimum atomic E-state index is -1.22. The molecule has 2 aromatic carbocycles. The highest BCUT2D eigenvalue weighted by Crippen LogP contribution is 2.19. The summed E-state index contributed by atoms with van der Waals surface area (Å²) in [7, 11) is 0. The maximum Gasteiger partial charge on any atom is 0.527 e. The van der Waals surface area contributed by atoms with Crippen LogP contribution in [-0.2, 0) is 25.7 Å². The first-order chi connectivity index (χ1) is 20.3. The first kappa shape index (κ1) is 29.9. The van der Waals surface area contributed by atoms with Crippen molar-refractivity contribution in [3.63, 3.8) is 0 Å². The average Bonchev–Trinajstić information content (AvgIpc) is 3.00. The largest absolute Gasteiger partial charge is 0.527 e. The van der Waals surface area contributed by atoms with E-state index in [4.69, 9.17) is 15.3 Å². The number of carbonyl (C=O) groups excluding carboxylic acids is 4. The van der Waals surface area contributed by atoms with Crippen LogP contribution in [0.1, 0.15) is 29.4 Å². The number of hydrogen-bond donors (Lipinski definition) is 3. The van der Waals surface area contributed by atoms with E-state index in [2.05, 4.69) is 20.6 Å². The van der Waals surface area contributed by atoms with Crippen LogP contribution < -0.4 is 16.4 Å². The van der Waals surface area contributed by atoms with Crippen molar-refractivity contribution < 1.29 is 28.8 Å². The molecule has 42 heavy (non-hydrogen) atoms. The molecule has 4 N–H and O–H groups in total. The average molecular weight is 576 g/mol. The molecule has 1 aromatic heterocycles. The Balaban J connectivity index is 1.49. The fourth-order valence-corrected chi connectivity index (χ4v) is 4.26. The fraction of sp³-hybridized carbons (Fsp3) is 0.310. The highest BCUT2D eigenvalue weighted by Gasteiger charge is 2.31. The van der Waals surface area contributed by atoms with Gasteiger partial charge in [0.1, 0.15) is 17.6 Å². The third-order valence-corrected chi connectivity index (χ3v) is 6.33. The molecule has 2 heterocycles. The summed E-state index contributed by atoms with van der Waals surface area (Å²) in [5, 5.41) is 7.24. The van der Waals surface area contributed by atoms with E-state index in [-0.39, 0.29) is 38.5 Å². The van der Waals surface area contributed by atoms with E-state index in [0.717, 1.165) is 5.56 Å². The maximum absolute atomic E-state index is 13.4. The Morgan fingerprint density at radius 3 is 2.26 bits per heavy atom. The van der Waals surface area contributed by atoms with Gasteiger partial charge in [0.15, 0.2) is 5.82 Å². The van der Waals surface area contributed by atoms with Crippen LogP contribution in [0.2, 0.25) is 0 Å². The summed E-state index contributed by atoms with van der Waals surface area (Å²) in [6.45, 7) is 3.15. The molecule has 1 aliphatic rings. The molecule has 0 spiro atoms. The van der Waals surface area contributed by atoms with Gasteiger partial charge in [-0.1, -0.05) is 60.7 Å². The summed E-state index contributed by atoms with van der Waals surface area (Å²) in [6.07, 6.45) is -1.23. The molecule has 0 aliphatic carbocycles. The Labute approximate surface area is 243 Å². The van der Waals surface area contributed by atoms with Crippen molar-refractivity contribution >= 4 is 29.7 Å². The Morgan fingerprint density at radius 1 is 0.952 bits per heavy atom. The quantitative estimate of drug-likeness (QED) is 0.287. The normalized spacial score (nSPS) is 14.0. The Morgan fingerprint density at radius 2 is 1.62 bits per heavy atom. The number of hydroxylamine groups is 2. The molecule has 3 aromatic rings. The van der Waals surface area contributed by atoms with Crippen LogP contribution in [0, 0.1) is 0 Å². The monoisotopic (exact) mass is 575 g/mol. The van der Waals surface area contributed by atoms with E-state index < -0.39 is 36.3 Å². The van der Waals surface area contributed by atoms with Crippen molar-refractivity contribution in [2.24, 2.45) is 5.73 Å². The van der Waals surface area contributed by atoms with Gasteiger partial charge < -0.3 is 30.8 Å². The van der Waals surface area contributed by atoms with E-state index in [0.29, 0.717) is 23.8 Å². The first-order valence-electron chi connectivity index (χ1n) is 13.5. The second-order valence-corrected chi connectivity index (χ2v) is 9.39. The van der Waals surface area contributed by atoms with Gasteiger partial charge in [-0.05, 0) is 12.5 Å². The molecule has 13 nitrogen and oxygen atoms in total. The molecule has 0 bridgehead atoms. The molecule has 13 heteroatoms. The standard InChI is InChI=1S/C29H33N7O6/c1-2-41-29(40)42-36-15-13-35(14-16-36)28(39)23(17-24(30)37)33-27(38)22-18-25(31-19-20-9-5-3-6-10-20)34-26(32-22)21-11-7-4-8-12-21/h3-12,18,23H,2,13-17,19H2,1H3,(H2,30,37)(H,33,38)(H,31,32,34)/t23-/m0/s1. The van der Waals surface area contributed by atoms with Crippen molar-refractivity contribution in [3.8, 4) is 11.4 Å². The number of benzene rings is 2. The topological polar surface area (TPSA) is 169 Å². The van der Waals surface area contributed by atoms with Gasteiger partial charge in [-0.15, -0.1) is 5.06 Å². The zero-order chi connectivity index (χ0) is 29.9. The van der Waals surface area contributed by atoms with Crippen molar-refractivity contribution in [2.75, 3.05) is 38.1 Å². The van der Waals surface area contributed by atoms with Gasteiger partial charge in [0, 0.05) is 31.3 Å². The van der Waals surface area contributed by atoms with Gasteiger partial charge in [0.25, 0.3) is 5.91 Å². The van der Waals surface area contributed by atoms with Crippen molar-refractivity contribution in [3.05, 3.63) is 78.0 Å². The van der Waals surface area contributed by atoms with Crippen LogP contribution in [-0.4, -0.2) is 82.6 Å². The van der Waals surface area contributed by atoms with E-state index in [9.17, 15) is 19.2 Å². The lowest BCUT2D eigenvalue weighted by Gasteiger charge is -2.34. The summed E-state index contributed by atoms with van der Waals surface area (Å²) < 4.78 is 4.77. The number of ether oxygens (including phenoxy) is 1. The predicted molar refractivity (Wildman–Crippen MR) is 153 cm³/mol. The third-order valence-electron chi connectivity index (χ3n) is 6.33. The lowest BCUT2D eigenvalue weighted by atomic mass is 10.1. The van der Waals surface area contributed by atoms with E-state index >= 15 is 0 Å². The number of hydrogen-bond acceptors (Lipinski definition) is 10. The van der Waals surface area contributed by atoms with Crippen LogP contribution in [0.5, 0.6) is 0 Å². The number of carbonyl (C=O) groups is 4. The fourth-order valence-electron chi connectivity index (χ4n) is 4.26. The molecule has 1 atom stereocenters. The number of primary amides is 1. The molecule has 220 valence electrons. The van der Waals surface area contributed by atoms with Gasteiger partial charge in [0.05, 0.1) is 26.1 Å². The maximum atomic E-state index is 13.4. The van der Waals surface area contributed by atoms with Crippen molar-refractivity contribution in [1.29, 1.82) is 0 Å². The van der Waals surface area contributed by atoms with Crippen LogP contribution in [0.3, 0.4) is 0 Å². The molecule has 1 fully saturated rings. The van der Waals surface area contributed by atoms with Crippen LogP contribution in [0.4, 0.5) is 10.6 Å². The van der Waals surface area contributed by atoms with Crippen LogP contribution >= 0.6 is 0 Å². The SMILES string of the molecule is CCOC(=O)ON1CCN(C(=O)[C@H](CC(N)=O)NC(=O)c2cc(NCc3ccccc3)nc(-c3ccccc3)n2)CC1. The van der Waals surface area contributed by atoms with Crippen LogP contribution in [0.15, 0.2) is 66.7 Å².